The maximum atomic E-state index is 14.1. The van der Waals surface area contributed by atoms with E-state index in [1.165, 1.54) is 6.07 Å². The van der Waals surface area contributed by atoms with Crippen molar-refractivity contribution >= 4 is 22.7 Å². The fraction of sp³-hybridized carbons (Fsp3) is 0.259. The lowest BCUT2D eigenvalue weighted by Gasteiger charge is -2.15. The van der Waals surface area contributed by atoms with Crippen LogP contribution in [0.25, 0.3) is 16.7 Å². The summed E-state index contributed by atoms with van der Waals surface area (Å²) < 4.78 is 41.6. The molecule has 0 saturated heterocycles. The maximum Gasteiger partial charge on any atom is 0.304 e. The van der Waals surface area contributed by atoms with E-state index < -0.39 is 17.6 Å². The number of carbonyl (C=O) groups is 1. The number of hydrogen-bond donors (Lipinski definition) is 2. The van der Waals surface area contributed by atoms with Crippen LogP contribution in [0.2, 0.25) is 0 Å². The number of para-hydroxylation sites is 1. The number of aryl methyl sites for hydroxylation is 1. The van der Waals surface area contributed by atoms with Gasteiger partial charge in [0.2, 0.25) is 0 Å². The summed E-state index contributed by atoms with van der Waals surface area (Å²) in [7, 11) is 0. The number of rotatable bonds is 6. The summed E-state index contributed by atoms with van der Waals surface area (Å²) in [6.07, 6.45) is 0.604. The molecule has 1 aromatic heterocycles. The predicted molar refractivity (Wildman–Crippen MR) is 129 cm³/mol. The number of hydrogen-bond acceptors (Lipinski definition) is 5. The minimum atomic E-state index is -0.929. The molecule has 4 aromatic rings. The van der Waals surface area contributed by atoms with Crippen molar-refractivity contribution in [3.63, 3.8) is 0 Å². The van der Waals surface area contributed by atoms with Crippen LogP contribution >= 0.6 is 0 Å². The van der Waals surface area contributed by atoms with Crippen molar-refractivity contribution in [1.82, 2.24) is 9.55 Å². The number of anilines is 1. The van der Waals surface area contributed by atoms with Crippen LogP contribution in [-0.4, -0.2) is 33.8 Å². The molecular weight excluding hydrogens is 468 g/mol. The van der Waals surface area contributed by atoms with Crippen molar-refractivity contribution < 1.29 is 28.2 Å². The number of imidazole rings is 1. The lowest BCUT2D eigenvalue weighted by molar-refractivity contribution is -0.137. The molecule has 36 heavy (non-hydrogen) atoms. The third-order valence-electron chi connectivity index (χ3n) is 6.77. The van der Waals surface area contributed by atoms with E-state index in [4.69, 9.17) is 14.6 Å². The quantitative estimate of drug-likeness (QED) is 0.378. The van der Waals surface area contributed by atoms with Crippen molar-refractivity contribution in [2.75, 3.05) is 18.5 Å². The highest BCUT2D eigenvalue weighted by atomic mass is 19.2. The van der Waals surface area contributed by atoms with E-state index in [1.807, 2.05) is 47.9 Å². The summed E-state index contributed by atoms with van der Waals surface area (Å²) in [6.45, 7) is 2.67. The molecule has 0 aliphatic carbocycles. The number of nitrogens with zero attached hydrogens (tertiary/aromatic N) is 2. The number of halogens is 2. The minimum absolute atomic E-state index is 0.0333. The molecule has 2 aliphatic heterocycles. The van der Waals surface area contributed by atoms with Gasteiger partial charge in [0.1, 0.15) is 23.9 Å². The fourth-order valence-corrected chi connectivity index (χ4v) is 5.10. The SMILES string of the molecule is CCc1nc2cc(F)c(F)cc2n1-c1cccc2c1OC[C@H]2Nc1ccc2c(c1)OC[C@H]2CC(=O)O. The molecule has 9 heteroatoms. The Kier molecular flexibility index (Phi) is 5.28. The van der Waals surface area contributed by atoms with Crippen LogP contribution in [0.5, 0.6) is 11.5 Å². The first-order chi connectivity index (χ1) is 17.4. The number of benzene rings is 3. The van der Waals surface area contributed by atoms with Crippen LogP contribution in [0.3, 0.4) is 0 Å². The van der Waals surface area contributed by atoms with Gasteiger partial charge in [0.05, 0.1) is 35.8 Å². The molecule has 0 radical (unpaired) electrons. The molecule has 2 atom stereocenters. The van der Waals surface area contributed by atoms with Crippen molar-refractivity contribution in [2.24, 2.45) is 0 Å². The van der Waals surface area contributed by atoms with Gasteiger partial charge < -0.3 is 19.9 Å². The van der Waals surface area contributed by atoms with E-state index in [2.05, 4.69) is 10.3 Å². The van der Waals surface area contributed by atoms with E-state index >= 15 is 0 Å². The Morgan fingerprint density at radius 1 is 1.11 bits per heavy atom. The summed E-state index contributed by atoms with van der Waals surface area (Å²) in [4.78, 5) is 15.6. The number of carboxylic acid groups (broad SMARTS) is 1. The molecule has 6 rings (SSSR count). The largest absolute Gasteiger partial charge is 0.493 e. The normalized spacial score (nSPS) is 18.0. The number of ether oxygens (including phenoxy) is 2. The molecule has 184 valence electrons. The minimum Gasteiger partial charge on any atom is -0.493 e. The zero-order valence-electron chi connectivity index (χ0n) is 19.4. The van der Waals surface area contributed by atoms with Crippen molar-refractivity contribution in [3.05, 3.63) is 77.1 Å². The average Bonchev–Trinajstić information content (AvgIpc) is 3.55. The smallest absolute Gasteiger partial charge is 0.304 e. The highest BCUT2D eigenvalue weighted by molar-refractivity contribution is 5.80. The third-order valence-corrected chi connectivity index (χ3v) is 6.77. The Hall–Kier alpha value is -4.14. The molecule has 0 amide bonds. The zero-order valence-corrected chi connectivity index (χ0v) is 19.4. The van der Waals surface area contributed by atoms with Crippen LogP contribution in [0.15, 0.2) is 48.5 Å². The number of aliphatic carboxylic acids is 1. The first kappa shape index (κ1) is 22.3. The van der Waals surface area contributed by atoms with E-state index in [0.29, 0.717) is 48.0 Å². The number of carboxylic acids is 1. The Morgan fingerprint density at radius 3 is 2.75 bits per heavy atom. The maximum absolute atomic E-state index is 14.1. The van der Waals surface area contributed by atoms with Gasteiger partial charge in [-0.25, -0.2) is 13.8 Å². The molecule has 3 heterocycles. The van der Waals surface area contributed by atoms with Crippen molar-refractivity contribution in [1.29, 1.82) is 0 Å². The number of aromatic nitrogens is 2. The zero-order chi connectivity index (χ0) is 25.0. The molecule has 0 spiro atoms. The van der Waals surface area contributed by atoms with Crippen LogP contribution in [0, 0.1) is 11.6 Å². The molecule has 7 nitrogen and oxygen atoms in total. The van der Waals surface area contributed by atoms with E-state index in [1.54, 1.807) is 0 Å². The van der Waals surface area contributed by atoms with Gasteiger partial charge in [0.25, 0.3) is 0 Å². The molecular formula is C27H23F2N3O4. The summed E-state index contributed by atoms with van der Waals surface area (Å²) >= 11 is 0. The van der Waals surface area contributed by atoms with Gasteiger partial charge in [-0.3, -0.25) is 9.36 Å². The third kappa shape index (κ3) is 3.62. The molecule has 0 fully saturated rings. The van der Waals surface area contributed by atoms with Crippen LogP contribution < -0.4 is 14.8 Å². The van der Waals surface area contributed by atoms with Gasteiger partial charge >= 0.3 is 5.97 Å². The van der Waals surface area contributed by atoms with Crippen molar-refractivity contribution in [2.45, 2.75) is 31.7 Å². The number of fused-ring (bicyclic) bond motifs is 3. The van der Waals surface area contributed by atoms with E-state index in [-0.39, 0.29) is 18.4 Å². The second kappa shape index (κ2) is 8.51. The summed E-state index contributed by atoms with van der Waals surface area (Å²) in [5.74, 6) is -0.835. The highest BCUT2D eigenvalue weighted by Crippen LogP contribution is 2.42. The highest BCUT2D eigenvalue weighted by Gasteiger charge is 2.30. The topological polar surface area (TPSA) is 85.6 Å². The summed E-state index contributed by atoms with van der Waals surface area (Å²) in [5, 5.41) is 12.6. The second-order valence-corrected chi connectivity index (χ2v) is 9.03. The van der Waals surface area contributed by atoms with Gasteiger partial charge in [-0.15, -0.1) is 0 Å². The van der Waals surface area contributed by atoms with Crippen LogP contribution in [0.1, 0.15) is 42.3 Å². The molecule has 0 bridgehead atoms. The van der Waals surface area contributed by atoms with Gasteiger partial charge in [-0.1, -0.05) is 25.1 Å². The lowest BCUT2D eigenvalue weighted by atomic mass is 9.97. The molecule has 3 aromatic carbocycles. The molecule has 2 N–H and O–H groups in total. The van der Waals surface area contributed by atoms with Crippen LogP contribution in [-0.2, 0) is 11.2 Å². The first-order valence-corrected chi connectivity index (χ1v) is 11.8. The first-order valence-electron chi connectivity index (χ1n) is 11.8. The summed E-state index contributed by atoms with van der Waals surface area (Å²) in [5.41, 5.74) is 4.24. The second-order valence-electron chi connectivity index (χ2n) is 9.03. The van der Waals surface area contributed by atoms with Gasteiger partial charge in [-0.2, -0.15) is 0 Å². The Balaban J connectivity index is 1.33. The van der Waals surface area contributed by atoms with Crippen LogP contribution in [0.4, 0.5) is 14.5 Å². The molecule has 2 aliphatic rings. The average molecular weight is 491 g/mol. The predicted octanol–water partition coefficient (Wildman–Crippen LogP) is 5.36. The summed E-state index contributed by atoms with van der Waals surface area (Å²) in [6, 6.07) is 13.6. The monoisotopic (exact) mass is 491 g/mol. The lowest BCUT2D eigenvalue weighted by Crippen LogP contribution is -2.11. The van der Waals surface area contributed by atoms with Gasteiger partial charge in [0, 0.05) is 47.4 Å². The molecule has 0 unspecified atom stereocenters. The van der Waals surface area contributed by atoms with Gasteiger partial charge in [0.15, 0.2) is 11.6 Å². The molecule has 0 saturated carbocycles. The van der Waals surface area contributed by atoms with E-state index in [0.717, 1.165) is 28.6 Å². The fourth-order valence-electron chi connectivity index (χ4n) is 5.10. The standard InChI is InChI=1S/C27H23F2N3O4/c1-2-25-31-20-10-18(28)19(29)11-23(20)32(25)22-5-3-4-17-21(13-36-27(17)22)30-15-6-7-16-14(8-26(33)34)12-35-24(16)9-15/h3-7,9-11,14,21,30H,2,8,12-13H2,1H3,(H,33,34)/t14-,21-/m1/s1. The van der Waals surface area contributed by atoms with Gasteiger partial charge in [-0.05, 0) is 12.1 Å². The Labute approximate surface area is 205 Å². The Bertz CT molecular complexity index is 1520. The van der Waals surface area contributed by atoms with E-state index in [9.17, 15) is 13.6 Å². The van der Waals surface area contributed by atoms with Crippen molar-refractivity contribution in [3.8, 4) is 17.2 Å². The number of nitrogens with one attached hydrogen (secondary N) is 1. The Morgan fingerprint density at radius 2 is 1.94 bits per heavy atom.